The van der Waals surface area contributed by atoms with E-state index in [0.29, 0.717) is 22.8 Å². The number of anilines is 2. The molecule has 4 aromatic rings. The number of halogens is 1. The maximum absolute atomic E-state index is 13.6. The van der Waals surface area contributed by atoms with Gasteiger partial charge in [0, 0.05) is 35.1 Å². The van der Waals surface area contributed by atoms with Crippen LogP contribution in [0, 0.1) is 15.9 Å². The van der Waals surface area contributed by atoms with Crippen molar-refractivity contribution in [2.24, 2.45) is 0 Å². The number of aromatic nitrogens is 3. The van der Waals surface area contributed by atoms with Crippen LogP contribution in [0.25, 0.3) is 22.3 Å². The highest BCUT2D eigenvalue weighted by Crippen LogP contribution is 2.29. The fraction of sp³-hybridized carbons (Fsp3) is 0. The van der Waals surface area contributed by atoms with Gasteiger partial charge >= 0.3 is 5.69 Å². The van der Waals surface area contributed by atoms with Crippen molar-refractivity contribution in [3.05, 3.63) is 82.9 Å². The lowest BCUT2D eigenvalue weighted by atomic mass is 10.2. The maximum atomic E-state index is 13.6. The molecule has 7 nitrogen and oxygen atoms in total. The van der Waals surface area contributed by atoms with E-state index in [1.165, 1.54) is 6.07 Å². The third-order valence-electron chi connectivity index (χ3n) is 3.93. The highest BCUT2D eigenvalue weighted by molar-refractivity contribution is 5.92. The van der Waals surface area contributed by atoms with E-state index in [9.17, 15) is 14.5 Å². The number of rotatable bonds is 4. The van der Waals surface area contributed by atoms with Crippen LogP contribution >= 0.6 is 0 Å². The number of nitro benzene ring substituents is 1. The minimum atomic E-state index is -0.894. The third kappa shape index (κ3) is 3.28. The molecule has 0 radical (unpaired) electrons. The Labute approximate surface area is 152 Å². The van der Waals surface area contributed by atoms with Gasteiger partial charge in [0.1, 0.15) is 5.82 Å². The van der Waals surface area contributed by atoms with Crippen molar-refractivity contribution < 1.29 is 9.31 Å². The maximum Gasteiger partial charge on any atom is 0.306 e. The van der Waals surface area contributed by atoms with Gasteiger partial charge in [-0.25, -0.2) is 9.97 Å². The summed E-state index contributed by atoms with van der Waals surface area (Å²) in [7, 11) is 0. The van der Waals surface area contributed by atoms with Crippen molar-refractivity contribution in [1.82, 2.24) is 15.0 Å². The number of nitrogens with one attached hydrogen (secondary N) is 1. The van der Waals surface area contributed by atoms with Gasteiger partial charge in [-0.1, -0.05) is 12.1 Å². The van der Waals surface area contributed by atoms with Crippen molar-refractivity contribution in [3.63, 3.8) is 0 Å². The standard InChI is InChI=1S/C19H12FN5O2/c20-15-8-7-13(10-17(15)25(26)27)22-19-14-5-1-2-6-16(14)23-18(24-19)12-4-3-9-21-11-12/h1-11H,(H,22,23,24). The number of benzene rings is 2. The second-order valence-corrected chi connectivity index (χ2v) is 5.70. The molecule has 0 atom stereocenters. The fourth-order valence-electron chi connectivity index (χ4n) is 2.66. The van der Waals surface area contributed by atoms with Crippen molar-refractivity contribution in [2.75, 3.05) is 5.32 Å². The van der Waals surface area contributed by atoms with Gasteiger partial charge in [0.05, 0.1) is 10.4 Å². The Morgan fingerprint density at radius 1 is 1.04 bits per heavy atom. The normalized spacial score (nSPS) is 10.7. The summed E-state index contributed by atoms with van der Waals surface area (Å²) in [5.41, 5.74) is 1.18. The first kappa shape index (κ1) is 16.5. The van der Waals surface area contributed by atoms with E-state index in [1.54, 1.807) is 18.5 Å². The van der Waals surface area contributed by atoms with Crippen LogP contribution in [0.1, 0.15) is 0 Å². The van der Waals surface area contributed by atoms with E-state index in [1.807, 2.05) is 30.3 Å². The molecule has 0 saturated heterocycles. The minimum Gasteiger partial charge on any atom is -0.339 e. The zero-order chi connectivity index (χ0) is 18.8. The Hall–Kier alpha value is -3.94. The molecule has 4 rings (SSSR count). The topological polar surface area (TPSA) is 93.8 Å². The summed E-state index contributed by atoms with van der Waals surface area (Å²) in [6, 6.07) is 14.6. The van der Waals surface area contributed by atoms with Crippen LogP contribution in [0.2, 0.25) is 0 Å². The molecule has 0 aliphatic rings. The van der Waals surface area contributed by atoms with Crippen molar-refractivity contribution >= 4 is 28.1 Å². The number of hydrogen-bond donors (Lipinski definition) is 1. The van der Waals surface area contributed by atoms with Crippen LogP contribution in [0.3, 0.4) is 0 Å². The Kier molecular flexibility index (Phi) is 4.13. The predicted octanol–water partition coefficient (Wildman–Crippen LogP) is 4.48. The minimum absolute atomic E-state index is 0.351. The van der Waals surface area contributed by atoms with Gasteiger partial charge in [0.15, 0.2) is 5.82 Å². The molecule has 0 unspecified atom stereocenters. The molecule has 0 saturated carbocycles. The van der Waals surface area contributed by atoms with E-state index in [4.69, 9.17) is 0 Å². The van der Waals surface area contributed by atoms with Crippen molar-refractivity contribution in [1.29, 1.82) is 0 Å². The molecule has 8 heteroatoms. The lowest BCUT2D eigenvalue weighted by Gasteiger charge is -2.11. The molecule has 2 aromatic heterocycles. The quantitative estimate of drug-likeness (QED) is 0.425. The molecule has 2 heterocycles. The molecule has 27 heavy (non-hydrogen) atoms. The third-order valence-corrected chi connectivity index (χ3v) is 3.93. The Balaban J connectivity index is 1.83. The number of nitro groups is 1. The number of pyridine rings is 1. The number of para-hydroxylation sites is 1. The highest BCUT2D eigenvalue weighted by atomic mass is 19.1. The molecular formula is C19H12FN5O2. The predicted molar refractivity (Wildman–Crippen MR) is 99.1 cm³/mol. The lowest BCUT2D eigenvalue weighted by molar-refractivity contribution is -0.387. The SMILES string of the molecule is O=[N+]([O-])c1cc(Nc2nc(-c3cccnc3)nc3ccccc23)ccc1F. The number of nitrogens with zero attached hydrogens (tertiary/aromatic N) is 4. The zero-order valence-electron chi connectivity index (χ0n) is 13.8. The van der Waals surface area contributed by atoms with Gasteiger partial charge in [0.25, 0.3) is 0 Å². The molecule has 0 aliphatic heterocycles. The summed E-state index contributed by atoms with van der Waals surface area (Å²) < 4.78 is 13.6. The first-order valence-corrected chi connectivity index (χ1v) is 8.00. The van der Waals surface area contributed by atoms with Crippen LogP contribution < -0.4 is 5.32 Å². The summed E-state index contributed by atoms with van der Waals surface area (Å²) in [6.07, 6.45) is 3.30. The monoisotopic (exact) mass is 361 g/mol. The molecule has 2 aromatic carbocycles. The first-order chi connectivity index (χ1) is 13.1. The summed E-state index contributed by atoms with van der Waals surface area (Å²) in [6.45, 7) is 0. The average Bonchev–Trinajstić information content (AvgIpc) is 2.70. The summed E-state index contributed by atoms with van der Waals surface area (Å²) in [5, 5.41) is 14.8. The van der Waals surface area contributed by atoms with Crippen molar-refractivity contribution in [2.45, 2.75) is 0 Å². The van der Waals surface area contributed by atoms with E-state index in [-0.39, 0.29) is 0 Å². The lowest BCUT2D eigenvalue weighted by Crippen LogP contribution is -2.01. The molecule has 0 spiro atoms. The van der Waals surface area contributed by atoms with Gasteiger partial charge in [-0.15, -0.1) is 0 Å². The Bertz CT molecular complexity index is 1150. The van der Waals surface area contributed by atoms with Gasteiger partial charge in [-0.2, -0.15) is 4.39 Å². The second kappa shape index (κ2) is 6.75. The van der Waals surface area contributed by atoms with E-state index < -0.39 is 16.4 Å². The summed E-state index contributed by atoms with van der Waals surface area (Å²) in [5.74, 6) is 0.0235. The van der Waals surface area contributed by atoms with E-state index in [2.05, 4.69) is 20.3 Å². The van der Waals surface area contributed by atoms with Gasteiger partial charge in [-0.3, -0.25) is 15.1 Å². The molecule has 1 N–H and O–H groups in total. The summed E-state index contributed by atoms with van der Waals surface area (Å²) >= 11 is 0. The van der Waals surface area contributed by atoms with Crippen molar-refractivity contribution in [3.8, 4) is 11.4 Å². The average molecular weight is 361 g/mol. The second-order valence-electron chi connectivity index (χ2n) is 5.70. The Morgan fingerprint density at radius 3 is 2.67 bits per heavy atom. The Morgan fingerprint density at radius 2 is 1.89 bits per heavy atom. The highest BCUT2D eigenvalue weighted by Gasteiger charge is 2.16. The fourth-order valence-corrected chi connectivity index (χ4v) is 2.66. The first-order valence-electron chi connectivity index (χ1n) is 8.00. The summed E-state index contributed by atoms with van der Waals surface area (Å²) in [4.78, 5) is 23.4. The zero-order valence-corrected chi connectivity index (χ0v) is 13.8. The molecule has 0 bridgehead atoms. The van der Waals surface area contributed by atoms with Gasteiger partial charge in [-0.05, 0) is 36.4 Å². The number of hydrogen-bond acceptors (Lipinski definition) is 6. The molecule has 0 aliphatic carbocycles. The van der Waals surface area contributed by atoms with Crippen LogP contribution in [-0.4, -0.2) is 19.9 Å². The van der Waals surface area contributed by atoms with Gasteiger partial charge in [0.2, 0.25) is 5.82 Å². The number of fused-ring (bicyclic) bond motifs is 1. The van der Waals surface area contributed by atoms with E-state index in [0.717, 1.165) is 23.1 Å². The molecule has 0 fully saturated rings. The van der Waals surface area contributed by atoms with E-state index >= 15 is 0 Å². The van der Waals surface area contributed by atoms with Crippen LogP contribution in [0.15, 0.2) is 67.0 Å². The largest absolute Gasteiger partial charge is 0.339 e. The van der Waals surface area contributed by atoms with Crippen LogP contribution in [0.5, 0.6) is 0 Å². The smallest absolute Gasteiger partial charge is 0.306 e. The van der Waals surface area contributed by atoms with Gasteiger partial charge < -0.3 is 5.32 Å². The molecule has 132 valence electrons. The van der Waals surface area contributed by atoms with Crippen LogP contribution in [-0.2, 0) is 0 Å². The molecule has 0 amide bonds. The molecular weight excluding hydrogens is 349 g/mol. The van der Waals surface area contributed by atoms with Crippen LogP contribution in [0.4, 0.5) is 21.6 Å².